The van der Waals surface area contributed by atoms with Crippen molar-refractivity contribution in [1.82, 2.24) is 0 Å². The van der Waals surface area contributed by atoms with Crippen LogP contribution in [0, 0.1) is 0 Å². The fourth-order valence-electron chi connectivity index (χ4n) is 0.765. The normalized spacial score (nSPS) is 9.92. The molecular formula is C7H6Br2OS2. The van der Waals surface area contributed by atoms with E-state index < -0.39 is 0 Å². The Morgan fingerprint density at radius 2 is 2.00 bits per heavy atom. The van der Waals surface area contributed by atoms with Crippen LogP contribution in [0.4, 0.5) is 0 Å². The van der Waals surface area contributed by atoms with Crippen molar-refractivity contribution in [3.05, 3.63) is 18.2 Å². The van der Waals surface area contributed by atoms with E-state index in [4.69, 9.17) is 4.74 Å². The van der Waals surface area contributed by atoms with Gasteiger partial charge in [-0.05, 0) is 68.2 Å². The molecule has 0 aromatic heterocycles. The summed E-state index contributed by atoms with van der Waals surface area (Å²) in [4.78, 5) is 2.25. The van der Waals surface area contributed by atoms with Crippen LogP contribution in [-0.2, 0) is 0 Å². The van der Waals surface area contributed by atoms with Gasteiger partial charge in [0.25, 0.3) is 0 Å². The molecule has 0 saturated heterocycles. The van der Waals surface area contributed by atoms with E-state index in [1.54, 1.807) is 17.3 Å². The van der Waals surface area contributed by atoms with Gasteiger partial charge in [-0.1, -0.05) is 0 Å². The summed E-state index contributed by atoms with van der Waals surface area (Å²) in [7, 11) is 4.71. The van der Waals surface area contributed by atoms with E-state index in [0.717, 1.165) is 15.5 Å². The van der Waals surface area contributed by atoms with E-state index in [0.29, 0.717) is 0 Å². The van der Waals surface area contributed by atoms with Gasteiger partial charge < -0.3 is 4.74 Å². The number of ether oxygens (including phenoxy) is 1. The Morgan fingerprint density at radius 1 is 1.25 bits per heavy atom. The molecule has 0 unspecified atom stereocenters. The van der Waals surface area contributed by atoms with Crippen LogP contribution in [0.25, 0.3) is 0 Å². The lowest BCUT2D eigenvalue weighted by Crippen LogP contribution is -1.84. The summed E-state index contributed by atoms with van der Waals surface area (Å²) < 4.78 is 5.16. The third kappa shape index (κ3) is 2.58. The molecule has 5 heteroatoms. The summed E-state index contributed by atoms with van der Waals surface area (Å²) in [5.74, 6) is 0.891. The van der Waals surface area contributed by atoms with E-state index in [9.17, 15) is 0 Å². The molecule has 66 valence electrons. The van der Waals surface area contributed by atoms with Crippen LogP contribution in [0.2, 0.25) is 0 Å². The van der Waals surface area contributed by atoms with Crippen LogP contribution in [0.15, 0.2) is 28.0 Å². The average Bonchev–Trinajstić information content (AvgIpc) is 2.16. The van der Waals surface area contributed by atoms with Crippen LogP contribution >= 0.6 is 50.0 Å². The van der Waals surface area contributed by atoms with Crippen LogP contribution in [0.5, 0.6) is 5.75 Å². The van der Waals surface area contributed by atoms with E-state index in [2.05, 4.69) is 35.7 Å². The monoisotopic (exact) mass is 328 g/mol. The van der Waals surface area contributed by atoms with E-state index in [-0.39, 0.29) is 0 Å². The van der Waals surface area contributed by atoms with Crippen molar-refractivity contribution in [1.29, 1.82) is 0 Å². The number of rotatable bonds is 3. The van der Waals surface area contributed by atoms with Crippen LogP contribution < -0.4 is 4.74 Å². The Hall–Kier alpha value is 0.680. The number of benzene rings is 1. The number of methoxy groups -OCH3 is 1. The highest BCUT2D eigenvalue weighted by atomic mass is 79.9. The van der Waals surface area contributed by atoms with Crippen LogP contribution in [0.3, 0.4) is 0 Å². The standard InChI is InChI=1S/C7H6Br2OS2/c1-10-6-3-2-5(11-8)4-7(6)12-9/h2-4H,1H3. The summed E-state index contributed by atoms with van der Waals surface area (Å²) in [6, 6.07) is 6.01. The van der Waals surface area contributed by atoms with Crippen molar-refractivity contribution >= 4 is 50.0 Å². The smallest absolute Gasteiger partial charge is 0.133 e. The minimum Gasteiger partial charge on any atom is -0.496 e. The molecule has 0 aliphatic rings. The van der Waals surface area contributed by atoms with E-state index >= 15 is 0 Å². The maximum absolute atomic E-state index is 5.16. The molecule has 1 nitrogen and oxygen atoms in total. The van der Waals surface area contributed by atoms with Crippen molar-refractivity contribution in [2.45, 2.75) is 9.79 Å². The lowest BCUT2D eigenvalue weighted by molar-refractivity contribution is 0.404. The summed E-state index contributed by atoms with van der Waals surface area (Å²) >= 11 is 6.64. The van der Waals surface area contributed by atoms with Crippen LogP contribution in [0.1, 0.15) is 0 Å². The highest BCUT2D eigenvalue weighted by molar-refractivity contribution is 9.50. The molecule has 1 aromatic carbocycles. The van der Waals surface area contributed by atoms with Crippen molar-refractivity contribution < 1.29 is 4.74 Å². The molecule has 0 spiro atoms. The SMILES string of the molecule is COc1ccc(SBr)cc1SBr. The Balaban J connectivity index is 3.02. The molecule has 0 N–H and O–H groups in total. The van der Waals surface area contributed by atoms with Gasteiger partial charge in [0.15, 0.2) is 0 Å². The Labute approximate surface area is 95.0 Å². The van der Waals surface area contributed by atoms with Gasteiger partial charge >= 0.3 is 0 Å². The Bertz CT molecular complexity index is 268. The highest BCUT2D eigenvalue weighted by Crippen LogP contribution is 2.37. The predicted octanol–water partition coefficient (Wildman–Crippen LogP) is 4.50. The molecule has 0 bridgehead atoms. The second kappa shape index (κ2) is 5.42. The zero-order valence-corrected chi connectivity index (χ0v) is 11.0. The Morgan fingerprint density at radius 3 is 2.50 bits per heavy atom. The molecule has 0 aliphatic carbocycles. The molecule has 1 rings (SSSR count). The number of halogens is 2. The van der Waals surface area contributed by atoms with Gasteiger partial charge in [-0.15, -0.1) is 0 Å². The van der Waals surface area contributed by atoms with Crippen molar-refractivity contribution in [3.8, 4) is 5.75 Å². The fraction of sp³-hybridized carbons (Fsp3) is 0.143. The lowest BCUT2D eigenvalue weighted by Gasteiger charge is -2.05. The second-order valence-electron chi connectivity index (χ2n) is 1.97. The largest absolute Gasteiger partial charge is 0.496 e. The molecular weight excluding hydrogens is 324 g/mol. The van der Waals surface area contributed by atoms with Gasteiger partial charge in [0.2, 0.25) is 0 Å². The van der Waals surface area contributed by atoms with Gasteiger partial charge in [0.05, 0.1) is 12.0 Å². The zero-order chi connectivity index (χ0) is 8.97. The second-order valence-corrected chi connectivity index (χ2v) is 5.13. The minimum absolute atomic E-state index is 0.891. The molecule has 12 heavy (non-hydrogen) atoms. The molecule has 0 saturated carbocycles. The third-order valence-electron chi connectivity index (χ3n) is 1.31. The summed E-state index contributed by atoms with van der Waals surface area (Å²) in [6.07, 6.45) is 0. The van der Waals surface area contributed by atoms with E-state index in [1.165, 1.54) is 10.2 Å². The first kappa shape index (κ1) is 10.8. The van der Waals surface area contributed by atoms with Gasteiger partial charge in [-0.3, -0.25) is 0 Å². The summed E-state index contributed by atoms with van der Waals surface area (Å²) in [6.45, 7) is 0. The molecule has 0 atom stereocenters. The lowest BCUT2D eigenvalue weighted by atomic mass is 10.3. The van der Waals surface area contributed by atoms with Crippen molar-refractivity contribution in [3.63, 3.8) is 0 Å². The topological polar surface area (TPSA) is 9.23 Å². The molecule has 0 aliphatic heterocycles. The maximum Gasteiger partial charge on any atom is 0.133 e. The molecule has 0 radical (unpaired) electrons. The number of hydrogen-bond acceptors (Lipinski definition) is 3. The third-order valence-corrected chi connectivity index (χ3v) is 4.39. The molecule has 1 aromatic rings. The van der Waals surface area contributed by atoms with Gasteiger partial charge in [0.1, 0.15) is 5.75 Å². The predicted molar refractivity (Wildman–Crippen MR) is 62.6 cm³/mol. The maximum atomic E-state index is 5.16. The quantitative estimate of drug-likeness (QED) is 0.808. The van der Waals surface area contributed by atoms with Gasteiger partial charge in [-0.25, -0.2) is 0 Å². The zero-order valence-electron chi connectivity index (χ0n) is 6.21. The first-order valence-corrected chi connectivity index (χ1v) is 8.39. The van der Waals surface area contributed by atoms with Gasteiger partial charge in [-0.2, -0.15) is 0 Å². The molecule has 0 fully saturated rings. The summed E-state index contributed by atoms with van der Waals surface area (Å²) in [5, 5.41) is 0. The number of hydrogen-bond donors (Lipinski definition) is 0. The first-order valence-electron chi connectivity index (χ1n) is 3.07. The minimum atomic E-state index is 0.891. The van der Waals surface area contributed by atoms with Gasteiger partial charge in [0, 0.05) is 4.90 Å². The fourth-order valence-corrected chi connectivity index (χ4v) is 2.88. The first-order chi connectivity index (χ1) is 5.81. The highest BCUT2D eigenvalue weighted by Gasteiger charge is 2.03. The van der Waals surface area contributed by atoms with E-state index in [1.807, 2.05) is 12.1 Å². The van der Waals surface area contributed by atoms with Crippen molar-refractivity contribution in [2.75, 3.05) is 7.11 Å². The van der Waals surface area contributed by atoms with Crippen molar-refractivity contribution in [2.24, 2.45) is 0 Å². The average molecular weight is 330 g/mol. The Kier molecular flexibility index (Phi) is 4.86. The van der Waals surface area contributed by atoms with Crippen LogP contribution in [-0.4, -0.2) is 7.11 Å². The molecule has 0 heterocycles. The molecule has 0 amide bonds. The summed E-state index contributed by atoms with van der Waals surface area (Å²) in [5.41, 5.74) is 0.